The second kappa shape index (κ2) is 6.09. The van der Waals surface area contributed by atoms with Crippen molar-refractivity contribution in [1.82, 2.24) is 5.32 Å². The summed E-state index contributed by atoms with van der Waals surface area (Å²) >= 11 is 11.8. The molecule has 4 nitrogen and oxygen atoms in total. The van der Waals surface area contributed by atoms with E-state index in [2.05, 4.69) is 5.32 Å². The normalized spacial score (nSPS) is 27.1. The van der Waals surface area contributed by atoms with E-state index in [0.717, 1.165) is 12.8 Å². The van der Waals surface area contributed by atoms with E-state index < -0.39 is 12.0 Å². The number of amides is 1. The second-order valence-electron chi connectivity index (χ2n) is 6.17. The van der Waals surface area contributed by atoms with Crippen molar-refractivity contribution in [3.05, 3.63) is 33.8 Å². The Morgan fingerprint density at radius 3 is 2.32 bits per heavy atom. The van der Waals surface area contributed by atoms with E-state index in [9.17, 15) is 14.7 Å². The van der Waals surface area contributed by atoms with Gasteiger partial charge in [-0.15, -0.1) is 0 Å². The zero-order valence-electron chi connectivity index (χ0n) is 11.9. The van der Waals surface area contributed by atoms with Crippen molar-refractivity contribution in [3.63, 3.8) is 0 Å². The standard InChI is InChI=1S/C16H17Cl2NO3/c17-9-4-8(5-10(18)7-9)6-13(16(21)22)19-15(20)14-11-2-1-3-12(11)14/h4-5,7,11-14H,1-3,6H2,(H,19,20)(H,21,22). The summed E-state index contributed by atoms with van der Waals surface area (Å²) in [7, 11) is 0. The molecule has 0 bridgehead atoms. The lowest BCUT2D eigenvalue weighted by Gasteiger charge is -2.16. The molecule has 22 heavy (non-hydrogen) atoms. The molecule has 0 spiro atoms. The first-order valence-corrected chi connectivity index (χ1v) is 8.19. The van der Waals surface area contributed by atoms with E-state index in [1.807, 2.05) is 0 Å². The van der Waals surface area contributed by atoms with Gasteiger partial charge in [-0.25, -0.2) is 4.79 Å². The monoisotopic (exact) mass is 341 g/mol. The van der Waals surface area contributed by atoms with E-state index >= 15 is 0 Å². The summed E-state index contributed by atoms with van der Waals surface area (Å²) in [5, 5.41) is 12.9. The summed E-state index contributed by atoms with van der Waals surface area (Å²) in [6.07, 6.45) is 3.53. The number of rotatable bonds is 5. The topological polar surface area (TPSA) is 66.4 Å². The number of carbonyl (C=O) groups is 2. The predicted octanol–water partition coefficient (Wildman–Crippen LogP) is 3.15. The number of nitrogens with one attached hydrogen (secondary N) is 1. The average molecular weight is 342 g/mol. The van der Waals surface area contributed by atoms with Gasteiger partial charge in [0.2, 0.25) is 5.91 Å². The van der Waals surface area contributed by atoms with Gasteiger partial charge in [0.25, 0.3) is 0 Å². The Balaban J connectivity index is 1.65. The van der Waals surface area contributed by atoms with Crippen LogP contribution in [0.5, 0.6) is 0 Å². The number of hydrogen-bond donors (Lipinski definition) is 2. The minimum atomic E-state index is -1.05. The maximum absolute atomic E-state index is 12.2. The van der Waals surface area contributed by atoms with Crippen LogP contribution >= 0.6 is 23.2 Å². The average Bonchev–Trinajstić information content (AvgIpc) is 2.90. The van der Waals surface area contributed by atoms with Crippen LogP contribution in [0.2, 0.25) is 10.0 Å². The molecule has 3 atom stereocenters. The molecule has 0 aromatic heterocycles. The predicted molar refractivity (Wildman–Crippen MR) is 84.1 cm³/mol. The lowest BCUT2D eigenvalue weighted by atomic mass is 10.0. The highest BCUT2D eigenvalue weighted by Gasteiger charge is 2.56. The molecule has 118 valence electrons. The van der Waals surface area contributed by atoms with Crippen LogP contribution in [0.25, 0.3) is 0 Å². The quantitative estimate of drug-likeness (QED) is 0.864. The molecule has 0 aliphatic heterocycles. The molecule has 6 heteroatoms. The smallest absolute Gasteiger partial charge is 0.326 e. The van der Waals surface area contributed by atoms with Gasteiger partial charge < -0.3 is 10.4 Å². The van der Waals surface area contributed by atoms with Crippen LogP contribution in [-0.4, -0.2) is 23.0 Å². The Morgan fingerprint density at radius 1 is 1.18 bits per heavy atom. The highest BCUT2D eigenvalue weighted by Crippen LogP contribution is 2.57. The number of halogens is 2. The lowest BCUT2D eigenvalue weighted by Crippen LogP contribution is -2.43. The van der Waals surface area contributed by atoms with E-state index in [1.54, 1.807) is 18.2 Å². The van der Waals surface area contributed by atoms with Crippen molar-refractivity contribution < 1.29 is 14.7 Å². The van der Waals surface area contributed by atoms with Crippen molar-refractivity contribution in [2.45, 2.75) is 31.7 Å². The fraction of sp³-hybridized carbons (Fsp3) is 0.500. The van der Waals surface area contributed by atoms with Gasteiger partial charge in [-0.1, -0.05) is 29.6 Å². The Morgan fingerprint density at radius 2 is 1.77 bits per heavy atom. The number of carbonyl (C=O) groups excluding carboxylic acids is 1. The van der Waals surface area contributed by atoms with Gasteiger partial charge in [0.15, 0.2) is 0 Å². The molecule has 2 aliphatic rings. The van der Waals surface area contributed by atoms with Crippen molar-refractivity contribution in [3.8, 4) is 0 Å². The fourth-order valence-corrected chi connectivity index (χ4v) is 4.21. The molecule has 3 unspecified atom stereocenters. The largest absolute Gasteiger partial charge is 0.480 e. The molecule has 3 rings (SSSR count). The molecule has 0 heterocycles. The summed E-state index contributed by atoms with van der Waals surface area (Å²) in [5.74, 6) is -0.228. The van der Waals surface area contributed by atoms with Crippen LogP contribution in [0.3, 0.4) is 0 Å². The zero-order chi connectivity index (χ0) is 15.9. The van der Waals surface area contributed by atoms with Gasteiger partial charge in [-0.05, 0) is 48.4 Å². The summed E-state index contributed by atoms with van der Waals surface area (Å²) < 4.78 is 0. The van der Waals surface area contributed by atoms with Gasteiger partial charge in [0.1, 0.15) is 6.04 Å². The molecule has 2 saturated carbocycles. The Bertz CT molecular complexity index is 589. The van der Waals surface area contributed by atoms with Crippen molar-refractivity contribution >= 4 is 35.1 Å². The van der Waals surface area contributed by atoms with E-state index in [-0.39, 0.29) is 18.2 Å². The van der Waals surface area contributed by atoms with E-state index in [1.165, 1.54) is 6.42 Å². The fourth-order valence-electron chi connectivity index (χ4n) is 3.64. The SMILES string of the molecule is O=C(O)C(Cc1cc(Cl)cc(Cl)c1)NC(=O)C1C2CCCC21. The Hall–Kier alpha value is -1.26. The van der Waals surface area contributed by atoms with Crippen LogP contribution in [-0.2, 0) is 16.0 Å². The van der Waals surface area contributed by atoms with Crippen LogP contribution < -0.4 is 5.32 Å². The van der Waals surface area contributed by atoms with Gasteiger partial charge in [-0.3, -0.25) is 4.79 Å². The minimum Gasteiger partial charge on any atom is -0.480 e. The molecular weight excluding hydrogens is 325 g/mol. The molecule has 1 aromatic rings. The molecular formula is C16H17Cl2NO3. The molecule has 2 aliphatic carbocycles. The van der Waals surface area contributed by atoms with Crippen LogP contribution in [0.4, 0.5) is 0 Å². The highest BCUT2D eigenvalue weighted by atomic mass is 35.5. The molecule has 2 fully saturated rings. The zero-order valence-corrected chi connectivity index (χ0v) is 13.4. The van der Waals surface area contributed by atoms with Crippen molar-refractivity contribution in [2.24, 2.45) is 17.8 Å². The summed E-state index contributed by atoms with van der Waals surface area (Å²) in [6.45, 7) is 0. The molecule has 0 saturated heterocycles. The molecule has 2 N–H and O–H groups in total. The van der Waals surface area contributed by atoms with Crippen molar-refractivity contribution in [1.29, 1.82) is 0 Å². The number of aliphatic carboxylic acids is 1. The molecule has 1 aromatic carbocycles. The lowest BCUT2D eigenvalue weighted by molar-refractivity contribution is -0.142. The van der Waals surface area contributed by atoms with E-state index in [4.69, 9.17) is 23.2 Å². The number of benzene rings is 1. The first kappa shape index (κ1) is 15.6. The minimum absolute atomic E-state index is 0.0125. The third-order valence-electron chi connectivity index (χ3n) is 4.69. The summed E-state index contributed by atoms with van der Waals surface area (Å²) in [6, 6.07) is 3.97. The van der Waals surface area contributed by atoms with Crippen LogP contribution in [0.1, 0.15) is 24.8 Å². The third kappa shape index (κ3) is 3.23. The number of hydrogen-bond acceptors (Lipinski definition) is 2. The van der Waals surface area contributed by atoms with Gasteiger partial charge in [0, 0.05) is 22.4 Å². The number of carboxylic acids is 1. The Labute approximate surface area is 138 Å². The maximum atomic E-state index is 12.2. The third-order valence-corrected chi connectivity index (χ3v) is 5.12. The molecule has 1 amide bonds. The number of carboxylic acid groups (broad SMARTS) is 1. The van der Waals surface area contributed by atoms with Gasteiger partial charge >= 0.3 is 5.97 Å². The van der Waals surface area contributed by atoms with E-state index in [0.29, 0.717) is 27.4 Å². The maximum Gasteiger partial charge on any atom is 0.326 e. The second-order valence-corrected chi connectivity index (χ2v) is 7.04. The van der Waals surface area contributed by atoms with Gasteiger partial charge in [0.05, 0.1) is 0 Å². The van der Waals surface area contributed by atoms with Crippen molar-refractivity contribution in [2.75, 3.05) is 0 Å². The van der Waals surface area contributed by atoms with Crippen LogP contribution in [0, 0.1) is 17.8 Å². The highest BCUT2D eigenvalue weighted by molar-refractivity contribution is 6.34. The first-order chi connectivity index (χ1) is 10.5. The Kier molecular flexibility index (Phi) is 4.33. The van der Waals surface area contributed by atoms with Crippen LogP contribution in [0.15, 0.2) is 18.2 Å². The molecule has 0 radical (unpaired) electrons. The number of fused-ring (bicyclic) bond motifs is 1. The summed E-state index contributed by atoms with van der Waals surface area (Å²) in [5.41, 5.74) is 0.696. The first-order valence-electron chi connectivity index (χ1n) is 7.44. The summed E-state index contributed by atoms with van der Waals surface area (Å²) in [4.78, 5) is 23.6. The van der Waals surface area contributed by atoms with Gasteiger partial charge in [-0.2, -0.15) is 0 Å².